The van der Waals surface area contributed by atoms with E-state index in [1.807, 2.05) is 51.1 Å². The fourth-order valence-corrected chi connectivity index (χ4v) is 6.30. The van der Waals surface area contributed by atoms with Crippen molar-refractivity contribution < 1.29 is 27.1 Å². The molecule has 0 unspecified atom stereocenters. The molecule has 1 atom stereocenters. The van der Waals surface area contributed by atoms with Crippen molar-refractivity contribution in [3.8, 4) is 5.75 Å². The van der Waals surface area contributed by atoms with Crippen LogP contribution in [0.1, 0.15) is 31.9 Å². The van der Waals surface area contributed by atoms with Gasteiger partial charge in [0.2, 0.25) is 11.8 Å². The predicted molar refractivity (Wildman–Crippen MR) is 173 cm³/mol. The van der Waals surface area contributed by atoms with Gasteiger partial charge in [-0.1, -0.05) is 72.8 Å². The van der Waals surface area contributed by atoms with E-state index in [0.717, 1.165) is 15.9 Å². The third-order valence-corrected chi connectivity index (χ3v) is 8.76. The first-order valence-electron chi connectivity index (χ1n) is 14.5. The quantitative estimate of drug-likeness (QED) is 0.220. The van der Waals surface area contributed by atoms with Crippen LogP contribution in [0.25, 0.3) is 0 Å². The van der Waals surface area contributed by atoms with Crippen LogP contribution in [0.4, 0.5) is 10.1 Å². The molecule has 4 rings (SSSR count). The second-order valence-corrected chi connectivity index (χ2v) is 13.5. The Labute approximate surface area is 264 Å². The number of halogens is 1. The Bertz CT molecular complexity index is 1710. The molecule has 0 heterocycles. The molecule has 0 fully saturated rings. The second-order valence-electron chi connectivity index (χ2n) is 11.6. The summed E-state index contributed by atoms with van der Waals surface area (Å²) >= 11 is 0. The smallest absolute Gasteiger partial charge is 0.264 e. The van der Waals surface area contributed by atoms with Crippen molar-refractivity contribution in [3.63, 3.8) is 0 Å². The minimum atomic E-state index is -4.40. The third-order valence-electron chi connectivity index (χ3n) is 6.99. The fourth-order valence-electron chi connectivity index (χ4n) is 4.86. The summed E-state index contributed by atoms with van der Waals surface area (Å²) in [6.45, 7) is 4.72. The maximum atomic E-state index is 15.2. The topological polar surface area (TPSA) is 96.0 Å². The number of nitrogens with one attached hydrogen (secondary N) is 1. The highest BCUT2D eigenvalue weighted by molar-refractivity contribution is 7.92. The molecule has 0 aromatic heterocycles. The number of para-hydroxylation sites is 1. The molecule has 0 aliphatic carbocycles. The molecule has 45 heavy (non-hydrogen) atoms. The molecule has 2 amide bonds. The van der Waals surface area contributed by atoms with E-state index in [1.165, 1.54) is 42.3 Å². The lowest BCUT2D eigenvalue weighted by Gasteiger charge is -2.35. The van der Waals surface area contributed by atoms with E-state index in [9.17, 15) is 18.0 Å². The van der Waals surface area contributed by atoms with Crippen molar-refractivity contribution in [1.82, 2.24) is 10.2 Å². The second kappa shape index (κ2) is 14.4. The summed E-state index contributed by atoms with van der Waals surface area (Å²) in [4.78, 5) is 29.6. The molecule has 0 radical (unpaired) electrons. The Morgan fingerprint density at radius 3 is 2.07 bits per heavy atom. The number of carbonyl (C=O) groups excluding carboxylic acids is 2. The van der Waals surface area contributed by atoms with Crippen LogP contribution >= 0.6 is 0 Å². The summed E-state index contributed by atoms with van der Waals surface area (Å²) in [5.41, 5.74) is 0.562. The highest BCUT2D eigenvalue weighted by Gasteiger charge is 2.36. The maximum Gasteiger partial charge on any atom is 0.264 e. The predicted octanol–water partition coefficient (Wildman–Crippen LogP) is 5.58. The van der Waals surface area contributed by atoms with Gasteiger partial charge in [-0.05, 0) is 68.3 Å². The van der Waals surface area contributed by atoms with Crippen molar-refractivity contribution in [3.05, 3.63) is 126 Å². The van der Waals surface area contributed by atoms with Gasteiger partial charge in [0.05, 0.1) is 17.7 Å². The number of hydrogen-bond acceptors (Lipinski definition) is 5. The van der Waals surface area contributed by atoms with E-state index >= 15 is 4.39 Å². The van der Waals surface area contributed by atoms with E-state index in [4.69, 9.17) is 4.74 Å². The molecule has 236 valence electrons. The van der Waals surface area contributed by atoms with Gasteiger partial charge in [0, 0.05) is 18.5 Å². The third kappa shape index (κ3) is 8.69. The molecule has 0 spiro atoms. The molecule has 8 nitrogen and oxygen atoms in total. The molecule has 0 bridgehead atoms. The number of sulfonamides is 1. The first-order valence-corrected chi connectivity index (χ1v) is 15.9. The summed E-state index contributed by atoms with van der Waals surface area (Å²) in [6.07, 6.45) is 0.156. The molecular formula is C35H38FN3O5S. The molecule has 4 aromatic carbocycles. The van der Waals surface area contributed by atoms with Gasteiger partial charge in [-0.2, -0.15) is 0 Å². The zero-order chi connectivity index (χ0) is 32.6. The standard InChI is InChI=1S/C35H38FN3O5S/c1-35(2,3)37-34(41)32(23-26-14-7-5-8-15-26)38(24-27-16-13-17-28(22-27)44-4)33(40)25-39(31-21-12-11-20-30(31)36)45(42,43)29-18-9-6-10-19-29/h5-22,32H,23-25H2,1-4H3,(H,37,41)/t32-/m1/s1. The van der Waals surface area contributed by atoms with Crippen molar-refractivity contribution in [2.75, 3.05) is 18.0 Å². The van der Waals surface area contributed by atoms with Crippen molar-refractivity contribution in [1.29, 1.82) is 0 Å². The van der Waals surface area contributed by atoms with Gasteiger partial charge in [0.25, 0.3) is 10.0 Å². The highest BCUT2D eigenvalue weighted by Crippen LogP contribution is 2.27. The molecule has 4 aromatic rings. The van der Waals surface area contributed by atoms with E-state index in [0.29, 0.717) is 11.3 Å². The van der Waals surface area contributed by atoms with Crippen LogP contribution in [-0.2, 0) is 32.6 Å². The monoisotopic (exact) mass is 631 g/mol. The molecule has 0 aliphatic rings. The van der Waals surface area contributed by atoms with Gasteiger partial charge < -0.3 is 15.0 Å². The van der Waals surface area contributed by atoms with Crippen molar-refractivity contribution >= 4 is 27.5 Å². The van der Waals surface area contributed by atoms with Gasteiger partial charge in [0.1, 0.15) is 24.2 Å². The lowest BCUT2D eigenvalue weighted by molar-refractivity contribution is -0.140. The summed E-state index contributed by atoms with van der Waals surface area (Å²) in [5, 5.41) is 2.98. The minimum Gasteiger partial charge on any atom is -0.497 e. The van der Waals surface area contributed by atoms with Crippen LogP contribution in [0.2, 0.25) is 0 Å². The molecular weight excluding hydrogens is 593 g/mol. The number of hydrogen-bond donors (Lipinski definition) is 1. The number of nitrogens with zero attached hydrogens (tertiary/aromatic N) is 2. The average molecular weight is 632 g/mol. The number of rotatable bonds is 12. The number of amides is 2. The van der Waals surface area contributed by atoms with Gasteiger partial charge in [0.15, 0.2) is 0 Å². The molecule has 0 saturated carbocycles. The summed E-state index contributed by atoms with van der Waals surface area (Å²) < 4.78 is 49.3. The zero-order valence-electron chi connectivity index (χ0n) is 25.8. The Morgan fingerprint density at radius 1 is 0.844 bits per heavy atom. The zero-order valence-corrected chi connectivity index (χ0v) is 26.6. The number of anilines is 1. The van der Waals surface area contributed by atoms with Gasteiger partial charge in [-0.15, -0.1) is 0 Å². The van der Waals surface area contributed by atoms with Gasteiger partial charge in [-0.3, -0.25) is 13.9 Å². The van der Waals surface area contributed by atoms with Gasteiger partial charge >= 0.3 is 0 Å². The Balaban J connectivity index is 1.83. The average Bonchev–Trinajstić information content (AvgIpc) is 3.02. The van der Waals surface area contributed by atoms with Crippen LogP contribution in [-0.4, -0.2) is 50.4 Å². The van der Waals surface area contributed by atoms with Crippen LogP contribution in [0.5, 0.6) is 5.75 Å². The molecule has 10 heteroatoms. The molecule has 0 aliphatic heterocycles. The van der Waals surface area contributed by atoms with Crippen LogP contribution in [0, 0.1) is 5.82 Å². The first kappa shape index (κ1) is 33.2. The Morgan fingerprint density at radius 2 is 1.44 bits per heavy atom. The summed E-state index contributed by atoms with van der Waals surface area (Å²) in [7, 11) is -2.87. The van der Waals surface area contributed by atoms with Crippen LogP contribution in [0.15, 0.2) is 114 Å². The Hall–Kier alpha value is -4.70. The van der Waals surface area contributed by atoms with Crippen LogP contribution in [0.3, 0.4) is 0 Å². The number of ether oxygens (including phenoxy) is 1. The molecule has 1 N–H and O–H groups in total. The maximum absolute atomic E-state index is 15.2. The van der Waals surface area contributed by atoms with E-state index < -0.39 is 45.8 Å². The lowest BCUT2D eigenvalue weighted by atomic mass is 10.0. The van der Waals surface area contributed by atoms with Crippen LogP contribution < -0.4 is 14.4 Å². The first-order chi connectivity index (χ1) is 21.4. The normalized spacial score (nSPS) is 12.2. The lowest BCUT2D eigenvalue weighted by Crippen LogP contribution is -2.56. The number of carbonyl (C=O) groups is 2. The molecule has 0 saturated heterocycles. The Kier molecular flexibility index (Phi) is 10.6. The summed E-state index contributed by atoms with van der Waals surface area (Å²) in [6, 6.07) is 28.2. The largest absolute Gasteiger partial charge is 0.497 e. The minimum absolute atomic E-state index is 0.0401. The SMILES string of the molecule is COc1cccc(CN(C(=O)CN(c2ccccc2F)S(=O)(=O)c2ccccc2)[C@H](Cc2ccccc2)C(=O)NC(C)(C)C)c1. The van der Waals surface area contributed by atoms with E-state index in [1.54, 1.807) is 42.5 Å². The fraction of sp³-hybridized carbons (Fsp3) is 0.257. The number of benzene rings is 4. The van der Waals surface area contributed by atoms with E-state index in [-0.39, 0.29) is 23.5 Å². The van der Waals surface area contributed by atoms with Crippen molar-refractivity contribution in [2.45, 2.75) is 50.2 Å². The van der Waals surface area contributed by atoms with E-state index in [2.05, 4.69) is 5.32 Å². The van der Waals surface area contributed by atoms with Gasteiger partial charge in [-0.25, -0.2) is 12.8 Å². The summed E-state index contributed by atoms with van der Waals surface area (Å²) in [5.74, 6) is -1.36. The number of methoxy groups -OCH3 is 1. The highest BCUT2D eigenvalue weighted by atomic mass is 32.2. The van der Waals surface area contributed by atoms with Crippen molar-refractivity contribution in [2.24, 2.45) is 0 Å².